The quantitative estimate of drug-likeness (QED) is 0.226. The largest absolute Gasteiger partial charge is 0.478 e. The number of nitrogens with one attached hydrogen (secondary N) is 1. The fraction of sp³-hybridized carbons (Fsp3) is 0.323. The molecule has 4 N–H and O–H groups in total. The summed E-state index contributed by atoms with van der Waals surface area (Å²) in [6.07, 6.45) is 3.04. The van der Waals surface area contributed by atoms with Crippen molar-refractivity contribution in [3.8, 4) is 11.5 Å². The lowest BCUT2D eigenvalue weighted by molar-refractivity contribution is 0.0696. The molecule has 3 amide bonds. The monoisotopic (exact) mass is 614 g/mol. The number of rotatable bonds is 11. The van der Waals surface area contributed by atoms with Gasteiger partial charge in [-0.3, -0.25) is 9.69 Å². The second kappa shape index (κ2) is 14.3. The van der Waals surface area contributed by atoms with Crippen LogP contribution >= 0.6 is 11.6 Å². The van der Waals surface area contributed by atoms with E-state index in [0.29, 0.717) is 43.5 Å². The number of anilines is 1. The van der Waals surface area contributed by atoms with Gasteiger partial charge in [-0.25, -0.2) is 18.4 Å². The van der Waals surface area contributed by atoms with Crippen molar-refractivity contribution in [3.63, 3.8) is 0 Å². The van der Waals surface area contributed by atoms with Gasteiger partial charge in [-0.15, -0.1) is 0 Å². The number of unbranched alkanes of at least 4 members (excludes halogenated alkanes) is 1. The Labute approximate surface area is 253 Å². The van der Waals surface area contributed by atoms with Crippen LogP contribution < -0.4 is 15.8 Å². The topological polar surface area (TPSA) is 125 Å². The van der Waals surface area contributed by atoms with E-state index in [-0.39, 0.29) is 22.3 Å². The Kier molecular flexibility index (Phi) is 10.5. The van der Waals surface area contributed by atoms with Crippen LogP contribution in [-0.4, -0.2) is 58.5 Å². The zero-order valence-corrected chi connectivity index (χ0v) is 24.4. The van der Waals surface area contributed by atoms with Gasteiger partial charge in [0.05, 0.1) is 21.8 Å². The molecule has 0 saturated carbocycles. The lowest BCUT2D eigenvalue weighted by Gasteiger charge is -2.38. The van der Waals surface area contributed by atoms with Gasteiger partial charge in [0.15, 0.2) is 0 Å². The fourth-order valence-electron chi connectivity index (χ4n) is 4.95. The normalized spacial score (nSPS) is 13.9. The van der Waals surface area contributed by atoms with Crippen molar-refractivity contribution in [2.24, 2.45) is 5.73 Å². The van der Waals surface area contributed by atoms with Gasteiger partial charge >= 0.3 is 12.0 Å². The smallest absolute Gasteiger partial charge is 0.335 e. The number of hydrogen-bond acceptors (Lipinski definition) is 5. The number of nitrogens with two attached hydrogens (primary N) is 1. The average molecular weight is 615 g/mol. The van der Waals surface area contributed by atoms with Crippen LogP contribution in [0.3, 0.4) is 0 Å². The molecular formula is C31H33ClF2N4O5. The Morgan fingerprint density at radius 3 is 2.37 bits per heavy atom. The first kappa shape index (κ1) is 31.7. The molecule has 1 aliphatic rings. The number of piperidine rings is 1. The molecule has 1 saturated heterocycles. The van der Waals surface area contributed by atoms with Gasteiger partial charge in [-0.05, 0) is 61.2 Å². The van der Waals surface area contributed by atoms with Crippen LogP contribution in [0.4, 0.5) is 19.3 Å². The van der Waals surface area contributed by atoms with Crippen molar-refractivity contribution >= 4 is 35.2 Å². The van der Waals surface area contributed by atoms with Crippen LogP contribution in [0.2, 0.25) is 5.02 Å². The number of benzene rings is 3. The summed E-state index contributed by atoms with van der Waals surface area (Å²) in [7, 11) is 0. The number of aromatic carboxylic acids is 1. The first-order valence-electron chi connectivity index (χ1n) is 13.9. The van der Waals surface area contributed by atoms with E-state index in [1.54, 1.807) is 4.90 Å². The molecule has 3 aromatic carbocycles. The summed E-state index contributed by atoms with van der Waals surface area (Å²) in [5, 5.41) is 11.8. The zero-order valence-electron chi connectivity index (χ0n) is 23.6. The number of nitrogens with zero attached hydrogens (tertiary/aromatic N) is 2. The maximum absolute atomic E-state index is 14.4. The number of likely N-dealkylation sites (tertiary alicyclic amines) is 1. The number of amides is 3. The number of urea groups is 1. The van der Waals surface area contributed by atoms with Gasteiger partial charge in [0.2, 0.25) is 0 Å². The summed E-state index contributed by atoms with van der Waals surface area (Å²) < 4.78 is 34.1. The fourth-order valence-corrected chi connectivity index (χ4v) is 5.17. The highest BCUT2D eigenvalue weighted by Gasteiger charge is 2.28. The van der Waals surface area contributed by atoms with Crippen molar-refractivity contribution < 1.29 is 33.0 Å². The lowest BCUT2D eigenvalue weighted by atomic mass is 10.0. The van der Waals surface area contributed by atoms with Crippen LogP contribution in [0.25, 0.3) is 0 Å². The summed E-state index contributed by atoms with van der Waals surface area (Å²) in [4.78, 5) is 39.8. The Balaban J connectivity index is 1.34. The number of carbonyl (C=O) groups is 3. The predicted molar refractivity (Wildman–Crippen MR) is 159 cm³/mol. The highest BCUT2D eigenvalue weighted by Crippen LogP contribution is 2.31. The molecule has 0 spiro atoms. The summed E-state index contributed by atoms with van der Waals surface area (Å²) in [6, 6.07) is 12.7. The van der Waals surface area contributed by atoms with Crippen LogP contribution in [0.15, 0.2) is 54.6 Å². The van der Waals surface area contributed by atoms with E-state index < -0.39 is 35.1 Å². The number of carbonyl (C=O) groups excluding carboxylic acids is 2. The number of ether oxygens (including phenoxy) is 1. The van der Waals surface area contributed by atoms with Crippen molar-refractivity contribution in [1.82, 2.24) is 9.80 Å². The minimum Gasteiger partial charge on any atom is -0.478 e. The summed E-state index contributed by atoms with van der Waals surface area (Å²) in [5.41, 5.74) is 5.52. The maximum atomic E-state index is 14.4. The molecule has 0 atom stereocenters. The highest BCUT2D eigenvalue weighted by molar-refractivity contribution is 6.32. The molecule has 4 rings (SSSR count). The van der Waals surface area contributed by atoms with Crippen LogP contribution in [-0.2, 0) is 6.54 Å². The molecule has 1 aliphatic heterocycles. The summed E-state index contributed by atoms with van der Waals surface area (Å²) in [5.74, 6) is -3.28. The number of primary amides is 1. The van der Waals surface area contributed by atoms with Gasteiger partial charge in [0.1, 0.15) is 23.1 Å². The molecule has 43 heavy (non-hydrogen) atoms. The predicted octanol–water partition coefficient (Wildman–Crippen LogP) is 6.51. The van der Waals surface area contributed by atoms with Crippen LogP contribution in [0, 0.1) is 11.6 Å². The minimum atomic E-state index is -1.09. The van der Waals surface area contributed by atoms with Crippen LogP contribution in [0.5, 0.6) is 11.5 Å². The number of hydrogen-bond donors (Lipinski definition) is 3. The third-order valence-electron chi connectivity index (χ3n) is 7.31. The lowest BCUT2D eigenvalue weighted by Crippen LogP contribution is -2.49. The van der Waals surface area contributed by atoms with Crippen molar-refractivity contribution in [3.05, 3.63) is 87.9 Å². The van der Waals surface area contributed by atoms with Gasteiger partial charge in [0, 0.05) is 38.3 Å². The minimum absolute atomic E-state index is 0.0741. The third-order valence-corrected chi connectivity index (χ3v) is 7.61. The Morgan fingerprint density at radius 2 is 1.77 bits per heavy atom. The molecule has 228 valence electrons. The Morgan fingerprint density at radius 1 is 1.07 bits per heavy atom. The molecule has 1 fully saturated rings. The number of halogens is 3. The van der Waals surface area contributed by atoms with Gasteiger partial charge in [0.25, 0.3) is 5.91 Å². The first-order valence-corrected chi connectivity index (χ1v) is 14.3. The molecule has 0 radical (unpaired) electrons. The Hall–Kier alpha value is -4.22. The van der Waals surface area contributed by atoms with Gasteiger partial charge in [-0.2, -0.15) is 0 Å². The summed E-state index contributed by atoms with van der Waals surface area (Å²) >= 11 is 6.16. The first-order chi connectivity index (χ1) is 20.5. The van der Waals surface area contributed by atoms with E-state index in [9.17, 15) is 23.2 Å². The third kappa shape index (κ3) is 8.20. The molecule has 0 unspecified atom stereocenters. The number of carboxylic acids is 1. The van der Waals surface area contributed by atoms with Crippen molar-refractivity contribution in [2.75, 3.05) is 25.0 Å². The number of carboxylic acid groups (broad SMARTS) is 1. The maximum Gasteiger partial charge on any atom is 0.335 e. The second-order valence-corrected chi connectivity index (χ2v) is 10.8. The molecule has 3 aromatic rings. The standard InChI is InChI=1S/C31H33ClF2N4O5/c1-2-3-12-38(31(42)36-27-16-23(29(35)39)25(33)17-26(27)34)21-10-13-37(14-11-21)18-19-4-7-22(8-5-19)43-28-9-6-20(30(40)41)15-24(28)32/h4-9,15-17,21H,2-3,10-14,18H2,1H3,(H2,35,39)(H,36,42)(H,40,41). The molecule has 9 nitrogen and oxygen atoms in total. The molecule has 0 aromatic heterocycles. The van der Waals surface area contributed by atoms with Crippen molar-refractivity contribution in [2.45, 2.75) is 45.2 Å². The van der Waals surface area contributed by atoms with Gasteiger partial charge in [-0.1, -0.05) is 37.1 Å². The molecule has 12 heteroatoms. The second-order valence-electron chi connectivity index (χ2n) is 10.4. The van der Waals surface area contributed by atoms with E-state index in [2.05, 4.69) is 10.2 Å². The molecular weight excluding hydrogens is 582 g/mol. The SMILES string of the molecule is CCCCN(C(=O)Nc1cc(C(N)=O)c(F)cc1F)C1CCN(Cc2ccc(Oc3ccc(C(=O)O)cc3Cl)cc2)CC1. The van der Waals surface area contributed by atoms with Gasteiger partial charge < -0.3 is 25.8 Å². The van der Waals surface area contributed by atoms with E-state index >= 15 is 0 Å². The van der Waals surface area contributed by atoms with E-state index in [1.807, 2.05) is 31.2 Å². The van der Waals surface area contributed by atoms with Crippen LogP contribution in [0.1, 0.15) is 58.9 Å². The van der Waals surface area contributed by atoms with Crippen molar-refractivity contribution in [1.29, 1.82) is 0 Å². The van der Waals surface area contributed by atoms with E-state index in [0.717, 1.165) is 37.6 Å². The zero-order chi connectivity index (χ0) is 31.1. The Bertz CT molecular complexity index is 1480. The average Bonchev–Trinajstić information content (AvgIpc) is 2.97. The highest BCUT2D eigenvalue weighted by atomic mass is 35.5. The summed E-state index contributed by atoms with van der Waals surface area (Å²) in [6.45, 7) is 4.65. The van der Waals surface area contributed by atoms with E-state index in [1.165, 1.54) is 18.2 Å². The molecule has 0 bridgehead atoms. The molecule has 0 aliphatic carbocycles. The van der Waals surface area contributed by atoms with E-state index in [4.69, 9.17) is 27.2 Å². The molecule has 1 heterocycles.